The van der Waals surface area contributed by atoms with Crippen LogP contribution in [0.1, 0.15) is 258 Å². The molecule has 1 aliphatic heterocycles. The van der Waals surface area contributed by atoms with Crippen molar-refractivity contribution in [1.29, 1.82) is 0 Å². The van der Waals surface area contributed by atoms with Gasteiger partial charge in [-0.3, -0.25) is 4.79 Å². The van der Waals surface area contributed by atoms with Crippen LogP contribution in [0.4, 0.5) is 0 Å². The number of aliphatic hydroxyl groups is 6. The highest BCUT2D eigenvalue weighted by atomic mass is 16.7. The lowest BCUT2D eigenvalue weighted by atomic mass is 9.99. The standard InChI is InChI=1S/C53H103NO9/c1-3-5-7-9-11-13-15-17-18-19-20-21-22-23-24-25-26-27-28-30-32-34-36-38-40-42-47(57)52(61)54-45(44-62-53-51(60)50(59)49(58)48(43-55)63-53)46(56)41-39-37-35-33-31-29-16-14-12-10-8-6-4-2/h39,41,45-51,53,55-60H,3-38,40,42-44H2,1-2H3,(H,54,61)/b41-39+. The van der Waals surface area contributed by atoms with E-state index in [9.17, 15) is 35.4 Å². The number of unbranched alkanes of at least 4 members (excludes halogenated alkanes) is 35. The van der Waals surface area contributed by atoms with Gasteiger partial charge < -0.3 is 45.4 Å². The third-order valence-corrected chi connectivity index (χ3v) is 13.2. The van der Waals surface area contributed by atoms with Gasteiger partial charge in [-0.2, -0.15) is 0 Å². The van der Waals surface area contributed by atoms with Gasteiger partial charge in [0.2, 0.25) is 5.91 Å². The van der Waals surface area contributed by atoms with Crippen LogP contribution in [-0.2, 0) is 14.3 Å². The van der Waals surface area contributed by atoms with Gasteiger partial charge in [0.1, 0.15) is 30.5 Å². The molecule has 1 amide bonds. The first kappa shape index (κ1) is 59.9. The van der Waals surface area contributed by atoms with E-state index in [0.29, 0.717) is 6.42 Å². The van der Waals surface area contributed by atoms with Gasteiger partial charge in [-0.1, -0.05) is 251 Å². The van der Waals surface area contributed by atoms with Crippen molar-refractivity contribution in [1.82, 2.24) is 5.32 Å². The van der Waals surface area contributed by atoms with Crippen molar-refractivity contribution in [2.24, 2.45) is 0 Å². The summed E-state index contributed by atoms with van der Waals surface area (Å²) in [7, 11) is 0. The summed E-state index contributed by atoms with van der Waals surface area (Å²) in [6.45, 7) is 3.63. The Hall–Kier alpha value is -1.11. The number of carbonyl (C=O) groups is 1. The molecule has 374 valence electrons. The molecule has 0 aromatic carbocycles. The second-order valence-electron chi connectivity index (χ2n) is 19.2. The number of hydrogen-bond donors (Lipinski definition) is 7. The molecule has 8 unspecified atom stereocenters. The van der Waals surface area contributed by atoms with Crippen molar-refractivity contribution in [2.75, 3.05) is 13.2 Å². The van der Waals surface area contributed by atoms with Crippen LogP contribution < -0.4 is 5.32 Å². The summed E-state index contributed by atoms with van der Waals surface area (Å²) in [4.78, 5) is 13.1. The number of allylic oxidation sites excluding steroid dienone is 1. The van der Waals surface area contributed by atoms with Gasteiger partial charge in [0.05, 0.1) is 25.4 Å². The Kier molecular flexibility index (Phi) is 41.3. The predicted octanol–water partition coefficient (Wildman–Crippen LogP) is 11.4. The number of hydrogen-bond acceptors (Lipinski definition) is 9. The maximum Gasteiger partial charge on any atom is 0.249 e. The second-order valence-corrected chi connectivity index (χ2v) is 19.2. The number of amides is 1. The number of rotatable bonds is 46. The van der Waals surface area contributed by atoms with Gasteiger partial charge in [-0.15, -0.1) is 0 Å². The van der Waals surface area contributed by atoms with Crippen LogP contribution >= 0.6 is 0 Å². The number of aliphatic hydroxyl groups excluding tert-OH is 6. The summed E-state index contributed by atoms with van der Waals surface area (Å²) in [5.74, 6) is -0.612. The summed E-state index contributed by atoms with van der Waals surface area (Å²) in [6, 6.07) is -0.975. The van der Waals surface area contributed by atoms with Crippen LogP contribution in [0.2, 0.25) is 0 Å². The van der Waals surface area contributed by atoms with E-state index in [4.69, 9.17) is 9.47 Å². The van der Waals surface area contributed by atoms with Gasteiger partial charge >= 0.3 is 0 Å². The molecule has 0 aromatic rings. The third-order valence-electron chi connectivity index (χ3n) is 13.2. The number of carbonyl (C=O) groups excluding carboxylic acids is 1. The van der Waals surface area contributed by atoms with Crippen molar-refractivity contribution < 1.29 is 44.9 Å². The zero-order chi connectivity index (χ0) is 46.0. The Bertz CT molecular complexity index is 1010. The molecule has 63 heavy (non-hydrogen) atoms. The van der Waals surface area contributed by atoms with Gasteiger partial charge in [0, 0.05) is 0 Å². The summed E-state index contributed by atoms with van der Waals surface area (Å²) < 4.78 is 11.2. The maximum absolute atomic E-state index is 13.1. The van der Waals surface area contributed by atoms with E-state index < -0.39 is 61.5 Å². The molecule has 0 bridgehead atoms. The molecule has 0 aromatic heterocycles. The van der Waals surface area contributed by atoms with E-state index in [1.807, 2.05) is 6.08 Å². The summed E-state index contributed by atoms with van der Waals surface area (Å²) in [6.07, 6.45) is 41.7. The first-order chi connectivity index (χ1) is 30.8. The van der Waals surface area contributed by atoms with Crippen LogP contribution in [0, 0.1) is 0 Å². The van der Waals surface area contributed by atoms with E-state index in [1.165, 1.54) is 193 Å². The predicted molar refractivity (Wildman–Crippen MR) is 260 cm³/mol. The zero-order valence-electron chi connectivity index (χ0n) is 41.0. The Morgan fingerprint density at radius 2 is 0.905 bits per heavy atom. The summed E-state index contributed by atoms with van der Waals surface area (Å²) in [5, 5.41) is 64.8. The normalized spacial score (nSPS) is 20.7. The molecule has 1 heterocycles. The Morgan fingerprint density at radius 3 is 1.29 bits per heavy atom. The van der Waals surface area contributed by atoms with Crippen LogP contribution in [0.15, 0.2) is 12.2 Å². The summed E-state index contributed by atoms with van der Waals surface area (Å²) >= 11 is 0. The van der Waals surface area contributed by atoms with Gasteiger partial charge in [0.15, 0.2) is 6.29 Å². The first-order valence-corrected chi connectivity index (χ1v) is 27.0. The van der Waals surface area contributed by atoms with E-state index in [0.717, 1.165) is 44.9 Å². The minimum Gasteiger partial charge on any atom is -0.394 e. The topological polar surface area (TPSA) is 169 Å². The van der Waals surface area contributed by atoms with E-state index in [2.05, 4.69) is 19.2 Å². The first-order valence-electron chi connectivity index (χ1n) is 27.0. The Morgan fingerprint density at radius 1 is 0.540 bits per heavy atom. The number of nitrogens with one attached hydrogen (secondary N) is 1. The van der Waals surface area contributed by atoms with Crippen LogP contribution in [0.25, 0.3) is 0 Å². The van der Waals surface area contributed by atoms with Crippen LogP contribution in [0.5, 0.6) is 0 Å². The van der Waals surface area contributed by atoms with E-state index in [1.54, 1.807) is 6.08 Å². The lowest BCUT2D eigenvalue weighted by molar-refractivity contribution is -0.302. The third kappa shape index (κ3) is 33.1. The smallest absolute Gasteiger partial charge is 0.249 e. The highest BCUT2D eigenvalue weighted by Crippen LogP contribution is 2.23. The highest BCUT2D eigenvalue weighted by Gasteiger charge is 2.44. The molecule has 1 aliphatic rings. The fourth-order valence-electron chi connectivity index (χ4n) is 8.81. The van der Waals surface area contributed by atoms with Crippen molar-refractivity contribution in [3.8, 4) is 0 Å². The molecule has 1 saturated heterocycles. The molecule has 10 heteroatoms. The molecule has 10 nitrogen and oxygen atoms in total. The molecule has 7 N–H and O–H groups in total. The number of ether oxygens (including phenoxy) is 2. The SMILES string of the molecule is CCCCCCCCCCCCC/C=C/C(O)C(COC1OC(CO)C(O)C(O)C1O)NC(=O)C(O)CCCCCCCCCCCCCCCCCCCCCCCCCCC. The minimum absolute atomic E-state index is 0.301. The maximum atomic E-state index is 13.1. The van der Waals surface area contributed by atoms with E-state index >= 15 is 0 Å². The molecule has 1 fully saturated rings. The van der Waals surface area contributed by atoms with Crippen LogP contribution in [0.3, 0.4) is 0 Å². The van der Waals surface area contributed by atoms with Crippen molar-refractivity contribution in [3.05, 3.63) is 12.2 Å². The Balaban J connectivity index is 2.24. The lowest BCUT2D eigenvalue weighted by Gasteiger charge is -2.40. The molecule has 0 spiro atoms. The largest absolute Gasteiger partial charge is 0.394 e. The minimum atomic E-state index is -1.61. The molecule has 0 saturated carbocycles. The molecule has 0 radical (unpaired) electrons. The average Bonchev–Trinajstić information content (AvgIpc) is 3.28. The molecule has 8 atom stereocenters. The highest BCUT2D eigenvalue weighted by molar-refractivity contribution is 5.80. The van der Waals surface area contributed by atoms with Gasteiger partial charge in [-0.25, -0.2) is 0 Å². The van der Waals surface area contributed by atoms with Gasteiger partial charge in [0.25, 0.3) is 0 Å². The molecular formula is C53H103NO9. The lowest BCUT2D eigenvalue weighted by Crippen LogP contribution is -2.60. The van der Waals surface area contributed by atoms with Crippen molar-refractivity contribution in [3.63, 3.8) is 0 Å². The zero-order valence-corrected chi connectivity index (χ0v) is 41.0. The molecule has 1 rings (SSSR count). The monoisotopic (exact) mass is 898 g/mol. The second kappa shape index (κ2) is 43.5. The quantitative estimate of drug-likeness (QED) is 0.0232. The van der Waals surface area contributed by atoms with Gasteiger partial charge in [-0.05, 0) is 19.3 Å². The average molecular weight is 898 g/mol. The molecule has 0 aliphatic carbocycles. The fourth-order valence-corrected chi connectivity index (χ4v) is 8.81. The Labute approximate surface area is 387 Å². The van der Waals surface area contributed by atoms with Crippen LogP contribution in [-0.4, -0.2) is 98.7 Å². The van der Waals surface area contributed by atoms with E-state index in [-0.39, 0.29) is 6.61 Å². The van der Waals surface area contributed by atoms with Crippen molar-refractivity contribution in [2.45, 2.75) is 307 Å². The summed E-state index contributed by atoms with van der Waals surface area (Å²) in [5.41, 5.74) is 0. The van der Waals surface area contributed by atoms with Crippen molar-refractivity contribution >= 4 is 5.91 Å². The molecular weight excluding hydrogens is 795 g/mol. The fraction of sp³-hybridized carbons (Fsp3) is 0.943.